The van der Waals surface area contributed by atoms with Gasteiger partial charge in [0.25, 0.3) is 5.91 Å². The fraction of sp³-hybridized carbons (Fsp3) is 0.483. The zero-order chi connectivity index (χ0) is 28.3. The van der Waals surface area contributed by atoms with E-state index in [1.54, 1.807) is 18.2 Å². The summed E-state index contributed by atoms with van der Waals surface area (Å²) in [6, 6.07) is 11.0. The lowest BCUT2D eigenvalue weighted by molar-refractivity contribution is -0.129. The number of ether oxygens (including phenoxy) is 2. The third kappa shape index (κ3) is 6.84. The molecule has 2 atom stereocenters. The molecule has 2 aromatic rings. The van der Waals surface area contributed by atoms with Gasteiger partial charge in [-0.1, -0.05) is 19.9 Å². The van der Waals surface area contributed by atoms with Gasteiger partial charge in [0.15, 0.2) is 5.96 Å². The standard InChI is InChI=1S/C27H35N4O4P.C2H6/c1-6-34-21-9-7-16(11-17(21)15-31-23(32)14-26(2,3)30-25(31)28)24(33)29-20-13-27(4,5)35-22-10-8-18(36)12-19(20)22;1-2/h7-12,20H,6,13-15,36H2,1-5H3,(H2,28,30)(H,29,33);1-2H3. The Morgan fingerprint density at radius 3 is 2.58 bits per heavy atom. The van der Waals surface area contributed by atoms with E-state index in [2.05, 4.69) is 19.5 Å². The molecule has 0 saturated heterocycles. The molecule has 0 aliphatic carbocycles. The minimum absolute atomic E-state index is 0.112. The Kier molecular flexibility index (Phi) is 9.09. The van der Waals surface area contributed by atoms with E-state index in [0.717, 1.165) is 16.6 Å². The van der Waals surface area contributed by atoms with Crippen LogP contribution in [0.25, 0.3) is 0 Å². The topological polar surface area (TPSA) is 106 Å². The molecule has 0 saturated carbocycles. The average Bonchev–Trinajstić information content (AvgIpc) is 2.83. The number of benzene rings is 2. The lowest BCUT2D eigenvalue weighted by Crippen LogP contribution is -2.49. The minimum atomic E-state index is -0.535. The molecule has 3 N–H and O–H groups in total. The van der Waals surface area contributed by atoms with Crippen LogP contribution in [0.4, 0.5) is 0 Å². The van der Waals surface area contributed by atoms with Gasteiger partial charge in [0.1, 0.15) is 17.1 Å². The van der Waals surface area contributed by atoms with Gasteiger partial charge in [0.05, 0.1) is 31.2 Å². The van der Waals surface area contributed by atoms with Crippen molar-refractivity contribution in [3.8, 4) is 11.5 Å². The SMILES string of the molecule is CC.CCOc1ccc(C(=O)NC2CC(C)(C)Oc3ccc(P)cc32)cc1CN1C(=O)CC(C)(C)N=C1N. The summed E-state index contributed by atoms with van der Waals surface area (Å²) in [6.07, 6.45) is 0.892. The number of amides is 2. The van der Waals surface area contributed by atoms with Crippen LogP contribution in [-0.4, -0.2) is 40.4 Å². The molecule has 8 nitrogen and oxygen atoms in total. The van der Waals surface area contributed by atoms with Gasteiger partial charge in [-0.25, -0.2) is 4.99 Å². The van der Waals surface area contributed by atoms with Crippen LogP contribution in [0.1, 0.15) is 88.8 Å². The number of rotatable bonds is 6. The van der Waals surface area contributed by atoms with Gasteiger partial charge in [-0.3, -0.25) is 14.5 Å². The normalized spacial score (nSPS) is 19.3. The maximum atomic E-state index is 13.4. The average molecular weight is 541 g/mol. The van der Waals surface area contributed by atoms with Crippen molar-refractivity contribution in [3.63, 3.8) is 0 Å². The summed E-state index contributed by atoms with van der Waals surface area (Å²) in [5.41, 5.74) is 7.30. The van der Waals surface area contributed by atoms with Crippen LogP contribution >= 0.6 is 9.24 Å². The van der Waals surface area contributed by atoms with Gasteiger partial charge < -0.3 is 20.5 Å². The number of nitrogens with zero attached hydrogens (tertiary/aromatic N) is 2. The van der Waals surface area contributed by atoms with Crippen molar-refractivity contribution in [2.75, 3.05) is 6.61 Å². The molecular weight excluding hydrogens is 499 g/mol. The van der Waals surface area contributed by atoms with Crippen LogP contribution in [-0.2, 0) is 11.3 Å². The summed E-state index contributed by atoms with van der Waals surface area (Å²) >= 11 is 0. The summed E-state index contributed by atoms with van der Waals surface area (Å²) in [5.74, 6) is 1.22. The number of hydrogen-bond acceptors (Lipinski definition) is 6. The second kappa shape index (κ2) is 11.7. The molecule has 2 aliphatic rings. The van der Waals surface area contributed by atoms with E-state index in [9.17, 15) is 9.59 Å². The minimum Gasteiger partial charge on any atom is -0.494 e. The Morgan fingerprint density at radius 1 is 1.21 bits per heavy atom. The number of fused-ring (bicyclic) bond motifs is 1. The molecule has 4 rings (SSSR count). The highest BCUT2D eigenvalue weighted by atomic mass is 31.0. The second-order valence-electron chi connectivity index (χ2n) is 10.6. The summed E-state index contributed by atoms with van der Waals surface area (Å²) < 4.78 is 11.9. The van der Waals surface area contributed by atoms with Crippen LogP contribution in [0.15, 0.2) is 41.4 Å². The second-order valence-corrected chi connectivity index (χ2v) is 11.3. The van der Waals surface area contributed by atoms with Gasteiger partial charge in [-0.15, -0.1) is 9.24 Å². The summed E-state index contributed by atoms with van der Waals surface area (Å²) in [7, 11) is 2.69. The molecule has 206 valence electrons. The van der Waals surface area contributed by atoms with E-state index in [-0.39, 0.29) is 36.8 Å². The van der Waals surface area contributed by atoms with Crippen LogP contribution in [0.3, 0.4) is 0 Å². The molecule has 0 fully saturated rings. The predicted octanol–water partition coefficient (Wildman–Crippen LogP) is 4.47. The molecule has 0 aromatic heterocycles. The molecule has 0 spiro atoms. The van der Waals surface area contributed by atoms with E-state index in [4.69, 9.17) is 15.2 Å². The molecule has 2 unspecified atom stereocenters. The number of guanidine groups is 1. The van der Waals surface area contributed by atoms with Crippen LogP contribution < -0.4 is 25.8 Å². The quantitative estimate of drug-likeness (QED) is 0.526. The van der Waals surface area contributed by atoms with E-state index in [0.29, 0.717) is 29.9 Å². The monoisotopic (exact) mass is 540 g/mol. The Balaban J connectivity index is 0.00000195. The van der Waals surface area contributed by atoms with E-state index in [1.165, 1.54) is 4.90 Å². The summed E-state index contributed by atoms with van der Waals surface area (Å²) in [6.45, 7) is 14.3. The van der Waals surface area contributed by atoms with Crippen molar-refractivity contribution < 1.29 is 19.1 Å². The van der Waals surface area contributed by atoms with Gasteiger partial charge in [-0.05, 0) is 70.3 Å². The molecule has 0 radical (unpaired) electrons. The first-order valence-corrected chi connectivity index (χ1v) is 13.8. The van der Waals surface area contributed by atoms with Crippen LogP contribution in [0.2, 0.25) is 0 Å². The lowest BCUT2D eigenvalue weighted by atomic mass is 9.89. The van der Waals surface area contributed by atoms with E-state index < -0.39 is 11.1 Å². The first kappa shape index (κ1) is 29.4. The zero-order valence-corrected chi connectivity index (χ0v) is 24.7. The number of nitrogens with two attached hydrogens (primary N) is 1. The van der Waals surface area contributed by atoms with Gasteiger partial charge in [0.2, 0.25) is 5.91 Å². The molecule has 38 heavy (non-hydrogen) atoms. The Morgan fingerprint density at radius 2 is 1.92 bits per heavy atom. The largest absolute Gasteiger partial charge is 0.494 e. The van der Waals surface area contributed by atoms with Gasteiger partial charge in [0, 0.05) is 23.1 Å². The number of carbonyl (C=O) groups excluding carboxylic acids is 2. The number of hydrogen-bond donors (Lipinski definition) is 2. The Labute approximate surface area is 228 Å². The van der Waals surface area contributed by atoms with Crippen molar-refractivity contribution in [2.45, 2.75) is 85.0 Å². The van der Waals surface area contributed by atoms with Gasteiger partial charge in [-0.2, -0.15) is 0 Å². The molecule has 2 aliphatic heterocycles. The maximum Gasteiger partial charge on any atom is 0.251 e. The van der Waals surface area contributed by atoms with E-state index >= 15 is 0 Å². The molecule has 2 heterocycles. The fourth-order valence-electron chi connectivity index (χ4n) is 4.73. The fourth-order valence-corrected chi connectivity index (χ4v) is 5.00. The highest BCUT2D eigenvalue weighted by Gasteiger charge is 2.35. The Bertz CT molecular complexity index is 1230. The van der Waals surface area contributed by atoms with Crippen LogP contribution in [0, 0.1) is 0 Å². The predicted molar refractivity (Wildman–Crippen MR) is 155 cm³/mol. The number of aliphatic imine (C=N–C) groups is 1. The molecule has 2 aromatic carbocycles. The van der Waals surface area contributed by atoms with Crippen molar-refractivity contribution in [1.29, 1.82) is 0 Å². The Hall–Kier alpha value is -3.12. The smallest absolute Gasteiger partial charge is 0.251 e. The molecule has 0 bridgehead atoms. The lowest BCUT2D eigenvalue weighted by Gasteiger charge is -2.38. The summed E-state index contributed by atoms with van der Waals surface area (Å²) in [5, 5.41) is 4.21. The zero-order valence-electron chi connectivity index (χ0n) is 23.6. The third-order valence-corrected chi connectivity index (χ3v) is 6.69. The summed E-state index contributed by atoms with van der Waals surface area (Å²) in [4.78, 5) is 32.1. The van der Waals surface area contributed by atoms with Gasteiger partial charge >= 0.3 is 0 Å². The maximum absolute atomic E-state index is 13.4. The number of nitrogens with one attached hydrogen (secondary N) is 1. The van der Waals surface area contributed by atoms with Crippen LogP contribution in [0.5, 0.6) is 11.5 Å². The first-order chi connectivity index (χ1) is 17.9. The third-order valence-electron chi connectivity index (χ3n) is 6.33. The van der Waals surface area contributed by atoms with Crippen molar-refractivity contribution in [1.82, 2.24) is 10.2 Å². The highest BCUT2D eigenvalue weighted by Crippen LogP contribution is 2.39. The molecular formula is C29H41N4O4P. The molecule has 9 heteroatoms. The van der Waals surface area contributed by atoms with Crippen molar-refractivity contribution in [3.05, 3.63) is 53.1 Å². The number of carbonyl (C=O) groups is 2. The highest BCUT2D eigenvalue weighted by molar-refractivity contribution is 7.27. The van der Waals surface area contributed by atoms with Crippen molar-refractivity contribution in [2.24, 2.45) is 10.7 Å². The van der Waals surface area contributed by atoms with Crippen molar-refractivity contribution >= 4 is 32.3 Å². The first-order valence-electron chi connectivity index (χ1n) is 13.2. The molecule has 2 amide bonds. The van der Waals surface area contributed by atoms with E-state index in [1.807, 2.05) is 66.7 Å².